The summed E-state index contributed by atoms with van der Waals surface area (Å²) < 4.78 is 7.67. The summed E-state index contributed by atoms with van der Waals surface area (Å²) in [7, 11) is 0. The lowest BCUT2D eigenvalue weighted by molar-refractivity contribution is -0.384. The van der Waals surface area contributed by atoms with Crippen LogP contribution in [-0.4, -0.2) is 26.0 Å². The van der Waals surface area contributed by atoms with Gasteiger partial charge in [-0.3, -0.25) is 15.2 Å². The van der Waals surface area contributed by atoms with Gasteiger partial charge in [-0.05, 0) is 36.8 Å². The highest BCUT2D eigenvalue weighted by Crippen LogP contribution is 2.28. The first kappa shape index (κ1) is 16.8. The highest BCUT2D eigenvalue weighted by atomic mass is 32.1. The molecule has 0 aliphatic rings. The molecule has 0 bridgehead atoms. The first-order valence-electron chi connectivity index (χ1n) is 7.55. The maximum atomic E-state index is 11.0. The molecule has 0 aliphatic carbocycles. The number of aromatic nitrogens is 3. The Kier molecular flexibility index (Phi) is 4.57. The topological polar surface area (TPSA) is 102 Å². The number of nitro benzene ring substituents is 1. The van der Waals surface area contributed by atoms with Gasteiger partial charge in [0.1, 0.15) is 11.5 Å². The van der Waals surface area contributed by atoms with Crippen LogP contribution in [0.2, 0.25) is 0 Å². The van der Waals surface area contributed by atoms with Gasteiger partial charge in [-0.1, -0.05) is 13.0 Å². The van der Waals surface area contributed by atoms with Crippen molar-refractivity contribution in [3.63, 3.8) is 0 Å². The Hall–Kier alpha value is -3.07. The summed E-state index contributed by atoms with van der Waals surface area (Å²) in [5.41, 5.74) is 1.57. The average Bonchev–Trinajstić information content (AvgIpc) is 3.19. The van der Waals surface area contributed by atoms with Crippen LogP contribution in [-0.2, 0) is 6.42 Å². The van der Waals surface area contributed by atoms with Gasteiger partial charge in [-0.15, -0.1) is 0 Å². The van der Waals surface area contributed by atoms with E-state index in [1.165, 1.54) is 23.0 Å². The van der Waals surface area contributed by atoms with Gasteiger partial charge in [0.2, 0.25) is 4.77 Å². The van der Waals surface area contributed by atoms with E-state index in [1.54, 1.807) is 18.2 Å². The Labute approximate surface area is 148 Å². The van der Waals surface area contributed by atoms with Gasteiger partial charge in [0.05, 0.1) is 11.1 Å². The molecule has 9 heteroatoms. The Bertz CT molecular complexity index is 1010. The number of nitrogens with one attached hydrogen (secondary N) is 1. The second-order valence-electron chi connectivity index (χ2n) is 5.31. The Morgan fingerprint density at radius 3 is 2.96 bits per heavy atom. The van der Waals surface area contributed by atoms with Crippen LogP contribution < -0.4 is 0 Å². The quantitative estimate of drug-likeness (QED) is 0.323. The third-order valence-electron chi connectivity index (χ3n) is 3.66. The van der Waals surface area contributed by atoms with Gasteiger partial charge < -0.3 is 4.42 Å². The molecule has 0 radical (unpaired) electrons. The summed E-state index contributed by atoms with van der Waals surface area (Å²) in [6, 6.07) is 8.16. The van der Waals surface area contributed by atoms with Crippen molar-refractivity contribution in [2.45, 2.75) is 20.3 Å². The molecule has 128 valence electrons. The fraction of sp³-hybridized carbons (Fsp3) is 0.188. The Morgan fingerprint density at radius 1 is 1.44 bits per heavy atom. The molecule has 0 unspecified atom stereocenters. The minimum absolute atomic E-state index is 0.0181. The molecule has 3 aromatic rings. The number of furan rings is 1. The van der Waals surface area contributed by atoms with Crippen LogP contribution in [0.4, 0.5) is 5.69 Å². The van der Waals surface area contributed by atoms with E-state index in [2.05, 4.69) is 15.3 Å². The minimum atomic E-state index is -0.429. The first-order valence-corrected chi connectivity index (χ1v) is 7.96. The summed E-state index contributed by atoms with van der Waals surface area (Å²) >= 11 is 5.13. The van der Waals surface area contributed by atoms with Crippen LogP contribution >= 0.6 is 12.2 Å². The van der Waals surface area contributed by atoms with E-state index in [-0.39, 0.29) is 5.69 Å². The lowest BCUT2D eigenvalue weighted by Crippen LogP contribution is -1.96. The maximum absolute atomic E-state index is 11.0. The predicted molar refractivity (Wildman–Crippen MR) is 95.3 cm³/mol. The van der Waals surface area contributed by atoms with E-state index in [1.807, 2.05) is 13.8 Å². The molecule has 8 nitrogen and oxygen atoms in total. The van der Waals surface area contributed by atoms with E-state index in [9.17, 15) is 10.1 Å². The van der Waals surface area contributed by atoms with Crippen molar-refractivity contribution in [1.82, 2.24) is 14.9 Å². The molecule has 0 fully saturated rings. The second-order valence-corrected chi connectivity index (χ2v) is 5.70. The van der Waals surface area contributed by atoms with Crippen molar-refractivity contribution in [3.05, 3.63) is 62.4 Å². The van der Waals surface area contributed by atoms with E-state index < -0.39 is 4.92 Å². The number of benzene rings is 1. The molecule has 1 aromatic carbocycles. The predicted octanol–water partition coefficient (Wildman–Crippen LogP) is 3.86. The minimum Gasteiger partial charge on any atom is -0.455 e. The maximum Gasteiger partial charge on any atom is 0.270 e. The van der Waals surface area contributed by atoms with Gasteiger partial charge >= 0.3 is 0 Å². The van der Waals surface area contributed by atoms with Crippen LogP contribution in [0, 0.1) is 21.8 Å². The highest BCUT2D eigenvalue weighted by Gasteiger charge is 2.13. The zero-order chi connectivity index (χ0) is 18.0. The van der Waals surface area contributed by atoms with E-state index in [4.69, 9.17) is 16.6 Å². The molecule has 25 heavy (non-hydrogen) atoms. The number of aromatic amines is 1. The van der Waals surface area contributed by atoms with E-state index in [0.29, 0.717) is 34.1 Å². The summed E-state index contributed by atoms with van der Waals surface area (Å²) in [6.45, 7) is 3.82. The van der Waals surface area contributed by atoms with Crippen LogP contribution in [0.1, 0.15) is 24.1 Å². The highest BCUT2D eigenvalue weighted by molar-refractivity contribution is 7.71. The molecular weight excluding hydrogens is 342 g/mol. The van der Waals surface area contributed by atoms with Crippen LogP contribution in [0.5, 0.6) is 0 Å². The van der Waals surface area contributed by atoms with Gasteiger partial charge in [0, 0.05) is 24.1 Å². The lowest BCUT2D eigenvalue weighted by atomic mass is 10.1. The number of non-ortho nitro benzene ring substituents is 1. The normalized spacial score (nSPS) is 11.3. The summed E-state index contributed by atoms with van der Waals surface area (Å²) in [5.74, 6) is 1.75. The average molecular weight is 357 g/mol. The van der Waals surface area contributed by atoms with Crippen LogP contribution in [0.3, 0.4) is 0 Å². The van der Waals surface area contributed by atoms with Crippen molar-refractivity contribution in [3.8, 4) is 11.3 Å². The largest absolute Gasteiger partial charge is 0.455 e. The van der Waals surface area contributed by atoms with E-state index >= 15 is 0 Å². The first-order chi connectivity index (χ1) is 12.0. The van der Waals surface area contributed by atoms with Gasteiger partial charge in [-0.2, -0.15) is 14.9 Å². The zero-order valence-corrected chi connectivity index (χ0v) is 14.4. The number of H-pyrrole nitrogens is 1. The van der Waals surface area contributed by atoms with Crippen molar-refractivity contribution in [2.75, 3.05) is 0 Å². The number of hydrogen-bond donors (Lipinski definition) is 1. The van der Waals surface area contributed by atoms with Crippen molar-refractivity contribution in [2.24, 2.45) is 5.10 Å². The lowest BCUT2D eigenvalue weighted by Gasteiger charge is -2.02. The van der Waals surface area contributed by atoms with Crippen molar-refractivity contribution < 1.29 is 9.34 Å². The molecule has 2 heterocycles. The molecule has 0 amide bonds. The smallest absolute Gasteiger partial charge is 0.270 e. The molecule has 0 aliphatic heterocycles. The zero-order valence-electron chi connectivity index (χ0n) is 13.6. The Morgan fingerprint density at radius 2 is 2.24 bits per heavy atom. The van der Waals surface area contributed by atoms with Crippen LogP contribution in [0.25, 0.3) is 11.3 Å². The molecule has 2 aromatic heterocycles. The second kappa shape index (κ2) is 6.81. The third kappa shape index (κ3) is 3.41. The molecule has 0 atom stereocenters. The van der Waals surface area contributed by atoms with Crippen LogP contribution in [0.15, 0.2) is 39.9 Å². The SMILES string of the molecule is CCc1n[nH]c(=S)n1/N=C\c1ccc(-c2cc([N+](=O)[O-])ccc2C)o1. The third-order valence-corrected chi connectivity index (χ3v) is 3.92. The molecule has 3 rings (SSSR count). The molecule has 1 N–H and O–H groups in total. The number of aryl methyl sites for hydroxylation is 2. The Balaban J connectivity index is 1.92. The number of hydrogen-bond acceptors (Lipinski definition) is 6. The molecular formula is C16H15N5O3S. The van der Waals surface area contributed by atoms with Gasteiger partial charge in [0.15, 0.2) is 5.82 Å². The molecule has 0 saturated heterocycles. The number of nitro groups is 1. The fourth-order valence-electron chi connectivity index (χ4n) is 2.34. The fourth-order valence-corrected chi connectivity index (χ4v) is 2.54. The van der Waals surface area contributed by atoms with Gasteiger partial charge in [-0.25, -0.2) is 0 Å². The summed E-state index contributed by atoms with van der Waals surface area (Å²) in [5, 5.41) is 22.0. The number of nitrogens with zero attached hydrogens (tertiary/aromatic N) is 4. The van der Waals surface area contributed by atoms with E-state index in [0.717, 1.165) is 5.56 Å². The molecule has 0 spiro atoms. The standard InChI is InChI=1S/C16H15N5O3S/c1-3-15-18-19-16(25)20(15)17-9-12-6-7-14(24-12)13-8-11(21(22)23)5-4-10(13)2/h4-9H,3H2,1-2H3,(H,19,25)/b17-9-. The summed E-state index contributed by atoms with van der Waals surface area (Å²) in [6.07, 6.45) is 2.21. The van der Waals surface area contributed by atoms with Crippen molar-refractivity contribution >= 4 is 24.1 Å². The van der Waals surface area contributed by atoms with Crippen molar-refractivity contribution in [1.29, 1.82) is 0 Å². The molecule has 0 saturated carbocycles. The summed E-state index contributed by atoms with van der Waals surface area (Å²) in [4.78, 5) is 10.5. The number of rotatable bonds is 5. The van der Waals surface area contributed by atoms with Gasteiger partial charge in [0.25, 0.3) is 5.69 Å². The monoisotopic (exact) mass is 357 g/mol.